The van der Waals surface area contributed by atoms with Gasteiger partial charge in [-0.1, -0.05) is 17.7 Å². The van der Waals surface area contributed by atoms with Gasteiger partial charge in [-0.15, -0.1) is 0 Å². The molecular formula is C27H24ClN5O5S. The van der Waals surface area contributed by atoms with E-state index in [0.29, 0.717) is 59.7 Å². The molecule has 0 radical (unpaired) electrons. The van der Waals surface area contributed by atoms with Crippen LogP contribution in [0.25, 0.3) is 22.6 Å². The number of thiocarbonyl (C=S) groups is 1. The van der Waals surface area contributed by atoms with E-state index in [9.17, 15) is 14.9 Å². The molecule has 0 unspecified atom stereocenters. The lowest BCUT2D eigenvalue weighted by atomic mass is 10.1. The van der Waals surface area contributed by atoms with Crippen molar-refractivity contribution in [3.05, 3.63) is 80.4 Å². The van der Waals surface area contributed by atoms with Gasteiger partial charge in [0.15, 0.2) is 10.7 Å². The average molecular weight is 566 g/mol. The summed E-state index contributed by atoms with van der Waals surface area (Å²) in [5, 5.41) is 17.7. The number of benzene rings is 3. The highest BCUT2D eigenvalue weighted by Crippen LogP contribution is 2.34. The van der Waals surface area contributed by atoms with Gasteiger partial charge in [-0.2, -0.15) is 0 Å². The molecule has 200 valence electrons. The van der Waals surface area contributed by atoms with Crippen LogP contribution >= 0.6 is 23.8 Å². The quantitative estimate of drug-likeness (QED) is 0.180. The lowest BCUT2D eigenvalue weighted by Gasteiger charge is -2.28. The fourth-order valence-electron chi connectivity index (χ4n) is 4.48. The molecule has 0 bridgehead atoms. The number of rotatable bonds is 5. The molecular weight excluding hydrogens is 542 g/mol. The van der Waals surface area contributed by atoms with Gasteiger partial charge >= 0.3 is 0 Å². The number of anilines is 2. The molecule has 1 saturated heterocycles. The summed E-state index contributed by atoms with van der Waals surface area (Å²) in [7, 11) is 0. The molecule has 0 saturated carbocycles. The molecule has 39 heavy (non-hydrogen) atoms. The van der Waals surface area contributed by atoms with Crippen molar-refractivity contribution in [3.8, 4) is 11.5 Å². The number of nitro benzene ring substituents is 1. The van der Waals surface area contributed by atoms with Crippen molar-refractivity contribution in [2.24, 2.45) is 0 Å². The minimum Gasteiger partial charge on any atom is -0.436 e. The summed E-state index contributed by atoms with van der Waals surface area (Å²) >= 11 is 11.8. The standard InChI is InChI=1S/C27H24ClN5O5S/c1-15-11-16(2)24-21(12-15)30-26(38-24)19-14-18(4-5-20(19)28)29-27(39)31-25(34)17-3-6-22(23(13-17)33(35)36)32-7-9-37-10-8-32/h3-6,11-14H,7-10H2,1-2H3,(H2,29,31,34,39). The number of amides is 1. The predicted molar refractivity (Wildman–Crippen MR) is 154 cm³/mol. The topological polar surface area (TPSA) is 123 Å². The normalized spacial score (nSPS) is 13.4. The van der Waals surface area contributed by atoms with Crippen LogP contribution in [0.2, 0.25) is 5.02 Å². The van der Waals surface area contributed by atoms with Crippen LogP contribution in [0.1, 0.15) is 21.5 Å². The van der Waals surface area contributed by atoms with Crippen molar-refractivity contribution >= 4 is 63.0 Å². The van der Waals surface area contributed by atoms with Gasteiger partial charge in [-0.3, -0.25) is 20.2 Å². The summed E-state index contributed by atoms with van der Waals surface area (Å²) in [6, 6.07) is 13.4. The molecule has 10 nitrogen and oxygen atoms in total. The minimum atomic E-state index is -0.580. The number of aromatic nitrogens is 1. The zero-order valence-electron chi connectivity index (χ0n) is 21.1. The molecule has 1 aromatic heterocycles. The second-order valence-electron chi connectivity index (χ2n) is 9.11. The first-order chi connectivity index (χ1) is 18.7. The Morgan fingerprint density at radius 1 is 1.13 bits per heavy atom. The Morgan fingerprint density at radius 2 is 1.90 bits per heavy atom. The highest BCUT2D eigenvalue weighted by Gasteiger charge is 2.24. The van der Waals surface area contributed by atoms with Crippen LogP contribution in [0.15, 0.2) is 52.9 Å². The van der Waals surface area contributed by atoms with E-state index >= 15 is 0 Å². The Hall–Kier alpha value is -4.06. The second kappa shape index (κ2) is 11.0. The van der Waals surface area contributed by atoms with Gasteiger partial charge in [-0.25, -0.2) is 4.98 Å². The monoisotopic (exact) mass is 565 g/mol. The Labute approximate surface area is 234 Å². The van der Waals surface area contributed by atoms with Crippen molar-refractivity contribution in [1.29, 1.82) is 0 Å². The maximum Gasteiger partial charge on any atom is 0.293 e. The van der Waals surface area contributed by atoms with Gasteiger partial charge in [0.2, 0.25) is 5.89 Å². The van der Waals surface area contributed by atoms with Crippen molar-refractivity contribution in [3.63, 3.8) is 0 Å². The van der Waals surface area contributed by atoms with Gasteiger partial charge in [0.1, 0.15) is 11.2 Å². The van der Waals surface area contributed by atoms with Crippen LogP contribution in [0, 0.1) is 24.0 Å². The Balaban J connectivity index is 1.32. The molecule has 2 N–H and O–H groups in total. The van der Waals surface area contributed by atoms with E-state index in [0.717, 1.165) is 16.6 Å². The number of morpholine rings is 1. The minimum absolute atomic E-state index is 0.0113. The van der Waals surface area contributed by atoms with Crippen LogP contribution in [0.4, 0.5) is 17.1 Å². The Morgan fingerprint density at radius 3 is 2.64 bits per heavy atom. The number of hydrogen-bond donors (Lipinski definition) is 2. The molecule has 12 heteroatoms. The highest BCUT2D eigenvalue weighted by atomic mass is 35.5. The number of halogens is 1. The Kier molecular flexibility index (Phi) is 7.47. The van der Waals surface area contributed by atoms with Crippen LogP contribution < -0.4 is 15.5 Å². The third-order valence-corrected chi connectivity index (χ3v) is 6.82. The van der Waals surface area contributed by atoms with Crippen molar-refractivity contribution in [2.75, 3.05) is 36.5 Å². The van der Waals surface area contributed by atoms with E-state index in [1.165, 1.54) is 12.1 Å². The zero-order chi connectivity index (χ0) is 27.7. The summed E-state index contributed by atoms with van der Waals surface area (Å²) in [4.78, 5) is 30.6. The maximum absolute atomic E-state index is 12.9. The molecule has 1 amide bonds. The molecule has 0 aliphatic carbocycles. The van der Waals surface area contributed by atoms with Crippen LogP contribution in [0.5, 0.6) is 0 Å². The van der Waals surface area contributed by atoms with E-state index < -0.39 is 10.8 Å². The molecule has 2 heterocycles. The van der Waals surface area contributed by atoms with Crippen LogP contribution in [-0.4, -0.2) is 47.2 Å². The summed E-state index contributed by atoms with van der Waals surface area (Å²) < 4.78 is 11.3. The smallest absolute Gasteiger partial charge is 0.293 e. The predicted octanol–water partition coefficient (Wildman–Crippen LogP) is 5.64. The fraction of sp³-hybridized carbons (Fsp3) is 0.222. The number of carbonyl (C=O) groups excluding carboxylic acids is 1. The number of ether oxygens (including phenoxy) is 1. The van der Waals surface area contributed by atoms with E-state index in [2.05, 4.69) is 15.6 Å². The summed E-state index contributed by atoms with van der Waals surface area (Å²) in [5.74, 6) is -0.224. The third kappa shape index (κ3) is 5.70. The molecule has 1 fully saturated rings. The van der Waals surface area contributed by atoms with Crippen LogP contribution in [-0.2, 0) is 4.74 Å². The fourth-order valence-corrected chi connectivity index (χ4v) is 4.89. The SMILES string of the molecule is Cc1cc(C)c2oc(-c3cc(NC(=S)NC(=O)c4ccc(N5CCOCC5)c([N+](=O)[O-])c4)ccc3Cl)nc2c1. The molecule has 5 rings (SSSR count). The number of oxazole rings is 1. The first kappa shape index (κ1) is 26.5. The average Bonchev–Trinajstić information content (AvgIpc) is 3.34. The third-order valence-electron chi connectivity index (χ3n) is 6.29. The number of carbonyl (C=O) groups is 1. The van der Waals surface area contributed by atoms with Crippen LogP contribution in [0.3, 0.4) is 0 Å². The van der Waals surface area contributed by atoms with Gasteiger partial charge in [0.25, 0.3) is 11.6 Å². The van der Waals surface area contributed by atoms with E-state index in [-0.39, 0.29) is 16.4 Å². The van der Waals surface area contributed by atoms with E-state index in [1.54, 1.807) is 24.3 Å². The number of fused-ring (bicyclic) bond motifs is 1. The molecule has 1 aliphatic heterocycles. The number of hydrogen-bond acceptors (Lipinski definition) is 8. The largest absolute Gasteiger partial charge is 0.436 e. The summed E-state index contributed by atoms with van der Waals surface area (Å²) in [5.41, 5.74) is 4.95. The molecule has 0 spiro atoms. The number of nitrogens with zero attached hydrogens (tertiary/aromatic N) is 3. The first-order valence-electron chi connectivity index (χ1n) is 12.1. The van der Waals surface area contributed by atoms with Crippen molar-refractivity contribution in [1.82, 2.24) is 10.3 Å². The lowest BCUT2D eigenvalue weighted by Crippen LogP contribution is -2.37. The molecule has 3 aromatic carbocycles. The van der Waals surface area contributed by atoms with Gasteiger partial charge in [0.05, 0.1) is 28.7 Å². The zero-order valence-corrected chi connectivity index (χ0v) is 22.7. The van der Waals surface area contributed by atoms with Crippen molar-refractivity contribution in [2.45, 2.75) is 13.8 Å². The molecule has 1 aliphatic rings. The second-order valence-corrected chi connectivity index (χ2v) is 9.93. The Bertz CT molecular complexity index is 1620. The van der Waals surface area contributed by atoms with Crippen molar-refractivity contribution < 1.29 is 18.9 Å². The summed E-state index contributed by atoms with van der Waals surface area (Å²) in [6.45, 7) is 5.98. The number of aryl methyl sites for hydroxylation is 2. The molecule has 4 aromatic rings. The molecule has 0 atom stereocenters. The number of nitro groups is 1. The van der Waals surface area contributed by atoms with Gasteiger partial charge in [-0.05, 0) is 73.6 Å². The highest BCUT2D eigenvalue weighted by molar-refractivity contribution is 7.80. The lowest BCUT2D eigenvalue weighted by molar-refractivity contribution is -0.384. The van der Waals surface area contributed by atoms with Gasteiger partial charge in [0, 0.05) is 30.4 Å². The first-order valence-corrected chi connectivity index (χ1v) is 12.9. The number of nitrogens with one attached hydrogen (secondary N) is 2. The van der Waals surface area contributed by atoms with Gasteiger partial charge < -0.3 is 19.4 Å². The summed E-state index contributed by atoms with van der Waals surface area (Å²) in [6.07, 6.45) is 0. The van der Waals surface area contributed by atoms with E-state index in [4.69, 9.17) is 33.0 Å². The maximum atomic E-state index is 12.9. The van der Waals surface area contributed by atoms with E-state index in [1.807, 2.05) is 30.9 Å².